The molecule has 5 N–H and O–H groups in total. The maximum atomic E-state index is 14.2. The molecule has 0 saturated heterocycles. The number of amides is 3. The van der Waals surface area contributed by atoms with Crippen molar-refractivity contribution in [2.24, 2.45) is 5.73 Å². The molecule has 40 heavy (non-hydrogen) atoms. The van der Waals surface area contributed by atoms with Crippen LogP contribution in [0.15, 0.2) is 48.5 Å². The lowest BCUT2D eigenvalue weighted by Gasteiger charge is -2.33. The number of hydrogen-bond acceptors (Lipinski definition) is 8. The summed E-state index contributed by atoms with van der Waals surface area (Å²) in [5.41, 5.74) is 13.7. The van der Waals surface area contributed by atoms with Gasteiger partial charge in [0.2, 0.25) is 5.91 Å². The Balaban J connectivity index is 1.79. The van der Waals surface area contributed by atoms with Crippen LogP contribution in [0.25, 0.3) is 0 Å². The van der Waals surface area contributed by atoms with E-state index in [1.54, 1.807) is 19.2 Å². The number of nitrogens with one attached hydrogen (secondary N) is 1. The first-order chi connectivity index (χ1) is 19.2. The Bertz CT molecular complexity index is 1330. The van der Waals surface area contributed by atoms with E-state index in [4.69, 9.17) is 16.2 Å². The molecule has 1 heterocycles. The van der Waals surface area contributed by atoms with Crippen LogP contribution in [0.2, 0.25) is 0 Å². The molecule has 4 rings (SSSR count). The number of rotatable bonds is 10. The van der Waals surface area contributed by atoms with Crippen molar-refractivity contribution in [3.8, 4) is 5.75 Å². The minimum atomic E-state index is -0.966. The maximum absolute atomic E-state index is 14.2. The Morgan fingerprint density at radius 3 is 2.25 bits per heavy atom. The van der Waals surface area contributed by atoms with Gasteiger partial charge in [-0.25, -0.2) is 0 Å². The molecule has 3 aromatic rings. The summed E-state index contributed by atoms with van der Waals surface area (Å²) < 4.78 is 9.31. The summed E-state index contributed by atoms with van der Waals surface area (Å²) >= 11 is 0.798. The Labute approximate surface area is 238 Å². The van der Waals surface area contributed by atoms with E-state index in [0.717, 1.165) is 54.9 Å². The van der Waals surface area contributed by atoms with E-state index >= 15 is 0 Å². The van der Waals surface area contributed by atoms with E-state index < -0.39 is 17.9 Å². The third-order valence-electron chi connectivity index (χ3n) is 7.17. The molecule has 3 amide bonds. The molecule has 1 fully saturated rings. The van der Waals surface area contributed by atoms with Gasteiger partial charge in [0.25, 0.3) is 11.8 Å². The molecule has 1 aliphatic carbocycles. The lowest BCUT2D eigenvalue weighted by Crippen LogP contribution is -2.46. The fraction of sp³-hybridized carbons (Fsp3) is 0.379. The summed E-state index contributed by atoms with van der Waals surface area (Å²) in [4.78, 5) is 43.5. The van der Waals surface area contributed by atoms with Crippen molar-refractivity contribution in [3.63, 3.8) is 0 Å². The van der Waals surface area contributed by atoms with E-state index in [-0.39, 0.29) is 34.8 Å². The van der Waals surface area contributed by atoms with Crippen LogP contribution in [0, 0.1) is 0 Å². The molecule has 1 aliphatic rings. The van der Waals surface area contributed by atoms with Crippen LogP contribution in [-0.2, 0) is 11.3 Å². The van der Waals surface area contributed by atoms with Crippen LogP contribution < -0.4 is 26.4 Å². The first-order valence-corrected chi connectivity index (χ1v) is 14.0. The largest absolute Gasteiger partial charge is 0.497 e. The minimum absolute atomic E-state index is 0.0395. The summed E-state index contributed by atoms with van der Waals surface area (Å²) in [6, 6.07) is 13.9. The first-order valence-electron chi connectivity index (χ1n) is 13.3. The SMILES string of the molecule is COc1ccc(CN(C(=O)c2snc(C(N)=O)c2N)[C@H](C(=O)NC2CCCCC2)c2ccc(N(C)C)cc2)cc1. The second-order valence-corrected chi connectivity index (χ2v) is 10.9. The van der Waals surface area contributed by atoms with Gasteiger partial charge < -0.3 is 31.3 Å². The number of nitrogens with zero attached hydrogens (tertiary/aromatic N) is 3. The lowest BCUT2D eigenvalue weighted by molar-refractivity contribution is -0.127. The average molecular weight is 565 g/mol. The topological polar surface area (TPSA) is 144 Å². The van der Waals surface area contributed by atoms with Gasteiger partial charge in [-0.15, -0.1) is 0 Å². The van der Waals surface area contributed by atoms with Crippen molar-refractivity contribution in [2.45, 2.75) is 50.7 Å². The quantitative estimate of drug-likeness (QED) is 0.340. The molecule has 11 heteroatoms. The van der Waals surface area contributed by atoms with Gasteiger partial charge in [0.15, 0.2) is 5.69 Å². The Morgan fingerprint density at radius 1 is 1.05 bits per heavy atom. The monoisotopic (exact) mass is 564 g/mol. The van der Waals surface area contributed by atoms with E-state index in [9.17, 15) is 14.4 Å². The highest BCUT2D eigenvalue weighted by atomic mass is 32.1. The van der Waals surface area contributed by atoms with Crippen LogP contribution in [-0.4, -0.2) is 54.2 Å². The van der Waals surface area contributed by atoms with Crippen LogP contribution in [0.5, 0.6) is 5.75 Å². The number of ether oxygens (including phenoxy) is 1. The van der Waals surface area contributed by atoms with Crippen LogP contribution >= 0.6 is 11.5 Å². The summed E-state index contributed by atoms with van der Waals surface area (Å²) in [6.45, 7) is 0.101. The highest BCUT2D eigenvalue weighted by Gasteiger charge is 2.36. The molecular formula is C29H36N6O4S. The zero-order chi connectivity index (χ0) is 28.8. The molecule has 0 unspecified atom stereocenters. The predicted molar refractivity (Wildman–Crippen MR) is 156 cm³/mol. The van der Waals surface area contributed by atoms with Gasteiger partial charge in [-0.3, -0.25) is 14.4 Å². The zero-order valence-corrected chi connectivity index (χ0v) is 23.9. The molecule has 1 atom stereocenters. The van der Waals surface area contributed by atoms with Gasteiger partial charge in [0, 0.05) is 32.4 Å². The standard InChI is InChI=1S/C29H36N6O4S/c1-34(2)21-13-11-19(12-14-21)25(28(37)32-20-7-5-4-6-8-20)35(17-18-9-15-22(39-3)16-10-18)29(38)26-23(30)24(27(31)36)33-40-26/h9-16,20,25H,4-8,17,30H2,1-3H3,(H2,31,36)(H,32,37)/t25-/m0/s1. The number of nitrogen functional groups attached to an aromatic ring is 1. The predicted octanol–water partition coefficient (Wildman–Crippen LogP) is 3.73. The maximum Gasteiger partial charge on any atom is 0.270 e. The van der Waals surface area contributed by atoms with Gasteiger partial charge in [-0.1, -0.05) is 43.5 Å². The normalized spacial score (nSPS) is 14.3. The molecule has 10 nitrogen and oxygen atoms in total. The van der Waals surface area contributed by atoms with Gasteiger partial charge in [-0.2, -0.15) is 4.37 Å². The third-order valence-corrected chi connectivity index (χ3v) is 8.02. The number of hydrogen-bond donors (Lipinski definition) is 3. The number of methoxy groups -OCH3 is 1. The summed E-state index contributed by atoms with van der Waals surface area (Å²) in [6.07, 6.45) is 5.04. The third kappa shape index (κ3) is 6.53. The van der Waals surface area contributed by atoms with Gasteiger partial charge in [0.05, 0.1) is 12.8 Å². The molecule has 0 radical (unpaired) electrons. The van der Waals surface area contributed by atoms with Crippen LogP contribution in [0.3, 0.4) is 0 Å². The highest BCUT2D eigenvalue weighted by molar-refractivity contribution is 7.09. The van der Waals surface area contributed by atoms with E-state index in [1.807, 2.05) is 55.4 Å². The van der Waals surface area contributed by atoms with Crippen molar-refractivity contribution in [2.75, 3.05) is 31.8 Å². The Hall–Kier alpha value is -4.12. The van der Waals surface area contributed by atoms with Crippen LogP contribution in [0.4, 0.5) is 11.4 Å². The van der Waals surface area contributed by atoms with Crippen molar-refractivity contribution >= 4 is 40.6 Å². The van der Waals surface area contributed by atoms with Crippen molar-refractivity contribution in [1.29, 1.82) is 0 Å². The zero-order valence-electron chi connectivity index (χ0n) is 23.1. The number of anilines is 2. The average Bonchev–Trinajstić information content (AvgIpc) is 3.35. The first kappa shape index (κ1) is 28.9. The van der Waals surface area contributed by atoms with Crippen molar-refractivity contribution < 1.29 is 19.1 Å². The fourth-order valence-electron chi connectivity index (χ4n) is 4.92. The summed E-state index contributed by atoms with van der Waals surface area (Å²) in [7, 11) is 5.45. The van der Waals surface area contributed by atoms with Crippen molar-refractivity contribution in [3.05, 3.63) is 70.2 Å². The number of aromatic nitrogens is 1. The fourth-order valence-corrected chi connectivity index (χ4v) is 5.68. The van der Waals surface area contributed by atoms with Gasteiger partial charge >= 0.3 is 0 Å². The molecule has 1 aromatic heterocycles. The molecule has 212 valence electrons. The second-order valence-electron chi connectivity index (χ2n) is 10.2. The summed E-state index contributed by atoms with van der Waals surface area (Å²) in [5, 5.41) is 3.20. The van der Waals surface area contributed by atoms with Crippen molar-refractivity contribution in [1.82, 2.24) is 14.6 Å². The minimum Gasteiger partial charge on any atom is -0.497 e. The molecule has 0 spiro atoms. The number of carbonyl (C=O) groups is 3. The van der Waals surface area contributed by atoms with E-state index in [2.05, 4.69) is 9.69 Å². The number of primary amides is 1. The molecule has 1 saturated carbocycles. The van der Waals surface area contributed by atoms with E-state index in [0.29, 0.717) is 11.3 Å². The van der Waals surface area contributed by atoms with E-state index in [1.165, 1.54) is 4.90 Å². The van der Waals surface area contributed by atoms with Crippen LogP contribution in [0.1, 0.15) is 69.4 Å². The molecule has 0 bridgehead atoms. The smallest absolute Gasteiger partial charge is 0.270 e. The van der Waals surface area contributed by atoms with Gasteiger partial charge in [-0.05, 0) is 59.8 Å². The summed E-state index contributed by atoms with van der Waals surface area (Å²) in [5.74, 6) is -0.936. The molecule has 2 aromatic carbocycles. The Morgan fingerprint density at radius 2 is 1.70 bits per heavy atom. The Kier molecular flexibility index (Phi) is 9.26. The molecule has 0 aliphatic heterocycles. The number of carbonyl (C=O) groups excluding carboxylic acids is 3. The lowest BCUT2D eigenvalue weighted by atomic mass is 9.94. The molecular weight excluding hydrogens is 528 g/mol. The second kappa shape index (κ2) is 12.8. The highest BCUT2D eigenvalue weighted by Crippen LogP contribution is 2.32. The number of nitrogens with two attached hydrogens (primary N) is 2. The van der Waals surface area contributed by atoms with Gasteiger partial charge in [0.1, 0.15) is 16.7 Å². The number of benzene rings is 2.